The zero-order valence-corrected chi connectivity index (χ0v) is 12.4. The third-order valence-corrected chi connectivity index (χ3v) is 3.94. The molecule has 0 radical (unpaired) electrons. The van der Waals surface area contributed by atoms with Crippen LogP contribution in [0, 0.1) is 0 Å². The first-order chi connectivity index (χ1) is 9.63. The number of amides is 1. The van der Waals surface area contributed by atoms with E-state index in [1.165, 1.54) is 0 Å². The molecule has 0 aromatic carbocycles. The minimum absolute atomic E-state index is 0.244. The maximum atomic E-state index is 11.0. The molecule has 2 heterocycles. The number of unbranched alkanes of at least 4 members (excludes halogenated alkanes) is 1. The van der Waals surface area contributed by atoms with Crippen molar-refractivity contribution in [1.29, 1.82) is 0 Å². The van der Waals surface area contributed by atoms with Crippen molar-refractivity contribution in [2.45, 2.75) is 24.9 Å². The molecule has 2 rings (SSSR count). The fourth-order valence-electron chi connectivity index (χ4n) is 1.67. The van der Waals surface area contributed by atoms with Crippen LogP contribution in [0.15, 0.2) is 23.5 Å². The molecule has 0 fully saturated rings. The molecule has 0 saturated heterocycles. The molecule has 0 atom stereocenters. The van der Waals surface area contributed by atoms with Crippen LogP contribution in [-0.2, 0) is 7.05 Å². The predicted octanol–water partition coefficient (Wildman–Crippen LogP) is 1.87. The minimum atomic E-state index is -0.537. The summed E-state index contributed by atoms with van der Waals surface area (Å²) in [6.45, 7) is 2.16. The minimum Gasteiger partial charge on any atom is -0.364 e. The summed E-state index contributed by atoms with van der Waals surface area (Å²) < 4.78 is 1.93. The number of primary amides is 1. The van der Waals surface area contributed by atoms with Gasteiger partial charge in [-0.25, -0.2) is 0 Å². The standard InChI is InChI=1S/C13H17N5OS/c1-3-4-7-20-13-17-16-12(18(13)2)9-5-6-10(11(14)19)15-8-9/h5-6,8H,3-4,7H2,1-2H3,(H2,14,19). The molecule has 2 aromatic rings. The summed E-state index contributed by atoms with van der Waals surface area (Å²) >= 11 is 1.69. The fraction of sp³-hybridized carbons (Fsp3) is 0.385. The van der Waals surface area contributed by atoms with Crippen LogP contribution in [0.3, 0.4) is 0 Å². The highest BCUT2D eigenvalue weighted by Crippen LogP contribution is 2.22. The molecule has 1 amide bonds. The van der Waals surface area contributed by atoms with Gasteiger partial charge in [-0.2, -0.15) is 0 Å². The molecule has 0 spiro atoms. The summed E-state index contributed by atoms with van der Waals surface area (Å²) in [6, 6.07) is 3.37. The Hall–Kier alpha value is -1.89. The van der Waals surface area contributed by atoms with Gasteiger partial charge in [0.15, 0.2) is 11.0 Å². The van der Waals surface area contributed by atoms with Gasteiger partial charge in [-0.1, -0.05) is 25.1 Å². The molecule has 106 valence electrons. The van der Waals surface area contributed by atoms with E-state index >= 15 is 0 Å². The van der Waals surface area contributed by atoms with Crippen molar-refractivity contribution < 1.29 is 4.79 Å². The molecule has 0 unspecified atom stereocenters. The molecule has 2 aromatic heterocycles. The summed E-state index contributed by atoms with van der Waals surface area (Å²) in [5.41, 5.74) is 6.22. The predicted molar refractivity (Wildman–Crippen MR) is 78.4 cm³/mol. The average molecular weight is 291 g/mol. The second kappa shape index (κ2) is 6.51. The Bertz CT molecular complexity index is 593. The van der Waals surface area contributed by atoms with E-state index in [4.69, 9.17) is 5.73 Å². The first kappa shape index (κ1) is 14.5. The summed E-state index contributed by atoms with van der Waals surface area (Å²) in [4.78, 5) is 15.0. The van der Waals surface area contributed by atoms with Crippen LogP contribution in [0.5, 0.6) is 0 Å². The van der Waals surface area contributed by atoms with Gasteiger partial charge in [0.1, 0.15) is 5.69 Å². The number of rotatable bonds is 6. The molecule has 20 heavy (non-hydrogen) atoms. The van der Waals surface area contributed by atoms with E-state index in [-0.39, 0.29) is 5.69 Å². The van der Waals surface area contributed by atoms with E-state index in [0.717, 1.165) is 35.1 Å². The van der Waals surface area contributed by atoms with Gasteiger partial charge in [-0.05, 0) is 18.6 Å². The summed E-state index contributed by atoms with van der Waals surface area (Å²) in [5, 5.41) is 9.24. The van der Waals surface area contributed by atoms with Crippen molar-refractivity contribution in [3.05, 3.63) is 24.0 Å². The number of carbonyl (C=O) groups excluding carboxylic acids is 1. The zero-order chi connectivity index (χ0) is 14.5. The lowest BCUT2D eigenvalue weighted by molar-refractivity contribution is 0.0995. The van der Waals surface area contributed by atoms with Crippen LogP contribution in [-0.4, -0.2) is 31.4 Å². The SMILES string of the molecule is CCCCSc1nnc(-c2ccc(C(N)=O)nc2)n1C. The molecule has 0 aliphatic carbocycles. The van der Waals surface area contributed by atoms with Crippen molar-refractivity contribution >= 4 is 17.7 Å². The Morgan fingerprint density at radius 3 is 2.80 bits per heavy atom. The largest absolute Gasteiger partial charge is 0.364 e. The lowest BCUT2D eigenvalue weighted by Crippen LogP contribution is -2.12. The van der Waals surface area contributed by atoms with E-state index in [2.05, 4.69) is 22.1 Å². The second-order valence-corrected chi connectivity index (χ2v) is 5.43. The van der Waals surface area contributed by atoms with Gasteiger partial charge >= 0.3 is 0 Å². The smallest absolute Gasteiger partial charge is 0.267 e. The Morgan fingerprint density at radius 1 is 1.40 bits per heavy atom. The van der Waals surface area contributed by atoms with Crippen molar-refractivity contribution in [3.8, 4) is 11.4 Å². The quantitative estimate of drug-likeness (QED) is 0.648. The molecular weight excluding hydrogens is 274 g/mol. The first-order valence-electron chi connectivity index (χ1n) is 6.42. The zero-order valence-electron chi connectivity index (χ0n) is 11.5. The Kier molecular flexibility index (Phi) is 4.73. The van der Waals surface area contributed by atoms with Gasteiger partial charge in [0, 0.05) is 24.6 Å². The number of nitrogens with zero attached hydrogens (tertiary/aromatic N) is 4. The molecule has 0 aliphatic heterocycles. The number of carbonyl (C=O) groups is 1. The number of hydrogen-bond acceptors (Lipinski definition) is 5. The van der Waals surface area contributed by atoms with Gasteiger partial charge in [-0.15, -0.1) is 10.2 Å². The summed E-state index contributed by atoms with van der Waals surface area (Å²) in [6.07, 6.45) is 3.91. The van der Waals surface area contributed by atoms with Gasteiger partial charge < -0.3 is 10.3 Å². The number of thioether (sulfide) groups is 1. The third kappa shape index (κ3) is 3.16. The fourth-order valence-corrected chi connectivity index (χ4v) is 2.67. The third-order valence-electron chi connectivity index (χ3n) is 2.84. The maximum absolute atomic E-state index is 11.0. The highest BCUT2D eigenvalue weighted by atomic mass is 32.2. The lowest BCUT2D eigenvalue weighted by Gasteiger charge is -2.03. The molecule has 2 N–H and O–H groups in total. The van der Waals surface area contributed by atoms with Crippen LogP contribution >= 0.6 is 11.8 Å². The number of hydrogen-bond donors (Lipinski definition) is 1. The summed E-state index contributed by atoms with van der Waals surface area (Å²) in [7, 11) is 1.92. The average Bonchev–Trinajstić information content (AvgIpc) is 2.81. The molecule has 7 heteroatoms. The van der Waals surface area contributed by atoms with Crippen LogP contribution in [0.2, 0.25) is 0 Å². The monoisotopic (exact) mass is 291 g/mol. The molecule has 0 saturated carbocycles. The number of nitrogens with two attached hydrogens (primary N) is 1. The molecule has 0 bridgehead atoms. The molecule has 0 aliphatic rings. The van der Waals surface area contributed by atoms with E-state index in [1.54, 1.807) is 30.1 Å². The van der Waals surface area contributed by atoms with Crippen molar-refractivity contribution in [3.63, 3.8) is 0 Å². The second-order valence-electron chi connectivity index (χ2n) is 4.36. The van der Waals surface area contributed by atoms with Crippen molar-refractivity contribution in [2.24, 2.45) is 12.8 Å². The van der Waals surface area contributed by atoms with E-state index in [1.807, 2.05) is 11.6 Å². The molecular formula is C13H17N5OS. The van der Waals surface area contributed by atoms with Gasteiger partial charge in [0.05, 0.1) is 0 Å². The Morgan fingerprint density at radius 2 is 2.20 bits per heavy atom. The molecule has 6 nitrogen and oxygen atoms in total. The van der Waals surface area contributed by atoms with Crippen molar-refractivity contribution in [1.82, 2.24) is 19.7 Å². The van der Waals surface area contributed by atoms with Crippen LogP contribution in [0.4, 0.5) is 0 Å². The number of aromatic nitrogens is 4. The van der Waals surface area contributed by atoms with Gasteiger partial charge in [0.25, 0.3) is 5.91 Å². The van der Waals surface area contributed by atoms with Gasteiger partial charge in [-0.3, -0.25) is 9.78 Å². The first-order valence-corrected chi connectivity index (χ1v) is 7.40. The maximum Gasteiger partial charge on any atom is 0.267 e. The Balaban J connectivity index is 2.18. The highest BCUT2D eigenvalue weighted by Gasteiger charge is 2.12. The summed E-state index contributed by atoms with van der Waals surface area (Å²) in [5.74, 6) is 1.22. The van der Waals surface area contributed by atoms with Crippen molar-refractivity contribution in [2.75, 3.05) is 5.75 Å². The Labute approximate surface area is 121 Å². The van der Waals surface area contributed by atoms with E-state index < -0.39 is 5.91 Å². The van der Waals surface area contributed by atoms with E-state index in [9.17, 15) is 4.79 Å². The lowest BCUT2D eigenvalue weighted by atomic mass is 10.2. The van der Waals surface area contributed by atoms with Crippen LogP contribution in [0.25, 0.3) is 11.4 Å². The van der Waals surface area contributed by atoms with E-state index in [0.29, 0.717) is 0 Å². The van der Waals surface area contributed by atoms with Gasteiger partial charge in [0.2, 0.25) is 0 Å². The topological polar surface area (TPSA) is 86.7 Å². The normalized spacial score (nSPS) is 10.7. The highest BCUT2D eigenvalue weighted by molar-refractivity contribution is 7.99. The number of pyridine rings is 1. The van der Waals surface area contributed by atoms with Crippen LogP contribution in [0.1, 0.15) is 30.3 Å². The van der Waals surface area contributed by atoms with Crippen LogP contribution < -0.4 is 5.73 Å².